The first-order chi connectivity index (χ1) is 16.5. The molecule has 0 aromatic heterocycles. The number of hydrogen-bond acceptors (Lipinski definition) is 6. The Kier molecular flexibility index (Phi) is 5.97. The van der Waals surface area contributed by atoms with Gasteiger partial charge in [0.05, 0.1) is 17.6 Å². The fraction of sp³-hybridized carbons (Fsp3) is 0.240. The minimum Gasteiger partial charge on any atom is -0.493 e. The van der Waals surface area contributed by atoms with E-state index in [4.69, 9.17) is 14.5 Å². The summed E-state index contributed by atoms with van der Waals surface area (Å²) in [6, 6.07) is 18.3. The summed E-state index contributed by atoms with van der Waals surface area (Å²) in [5, 5.41) is 0. The van der Waals surface area contributed by atoms with Crippen molar-refractivity contribution in [3.8, 4) is 17.2 Å². The first kappa shape index (κ1) is 22.4. The molecule has 3 aromatic rings. The minimum absolute atomic E-state index is 0.0369. The van der Waals surface area contributed by atoms with E-state index >= 15 is 0 Å². The van der Waals surface area contributed by atoms with E-state index in [2.05, 4.69) is 4.90 Å². The van der Waals surface area contributed by atoms with E-state index in [0.717, 1.165) is 11.6 Å². The van der Waals surface area contributed by atoms with Gasteiger partial charge < -0.3 is 14.4 Å². The number of fused-ring (bicyclic) bond motifs is 2. The van der Waals surface area contributed by atoms with E-state index in [9.17, 15) is 12.8 Å². The van der Waals surface area contributed by atoms with Crippen LogP contribution in [0, 0.1) is 5.82 Å². The molecule has 34 heavy (non-hydrogen) atoms. The molecule has 0 amide bonds. The number of nitrogens with zero attached hydrogens (tertiary/aromatic N) is 3. The van der Waals surface area contributed by atoms with Gasteiger partial charge in [0.15, 0.2) is 17.2 Å². The quantitative estimate of drug-likeness (QED) is 0.554. The molecule has 0 N–H and O–H groups in total. The van der Waals surface area contributed by atoms with Crippen molar-refractivity contribution in [2.24, 2.45) is 4.99 Å². The zero-order chi connectivity index (χ0) is 23.7. The Morgan fingerprint density at radius 3 is 2.62 bits per heavy atom. The fourth-order valence-electron chi connectivity index (χ4n) is 4.24. The third-order valence-corrected chi connectivity index (χ3v) is 7.83. The predicted molar refractivity (Wildman–Crippen MR) is 127 cm³/mol. The highest BCUT2D eigenvalue weighted by Crippen LogP contribution is 2.42. The number of rotatable bonds is 3. The van der Waals surface area contributed by atoms with Crippen LogP contribution in [0.1, 0.15) is 12.0 Å². The molecular weight excluding hydrogens is 457 g/mol. The van der Waals surface area contributed by atoms with E-state index in [0.29, 0.717) is 54.8 Å². The third kappa shape index (κ3) is 4.12. The zero-order valence-electron chi connectivity index (χ0n) is 18.6. The number of amidine groups is 1. The molecule has 176 valence electrons. The Morgan fingerprint density at radius 2 is 1.79 bits per heavy atom. The molecule has 2 aliphatic heterocycles. The van der Waals surface area contributed by atoms with Gasteiger partial charge in [0.25, 0.3) is 0 Å². The van der Waals surface area contributed by atoms with E-state index in [1.165, 1.54) is 22.5 Å². The summed E-state index contributed by atoms with van der Waals surface area (Å²) in [7, 11) is -2.22. The molecule has 7 nitrogen and oxygen atoms in total. The number of hydrogen-bond donors (Lipinski definition) is 0. The number of halogens is 1. The molecule has 9 heteroatoms. The van der Waals surface area contributed by atoms with Gasteiger partial charge in [-0.25, -0.2) is 17.8 Å². The van der Waals surface area contributed by atoms with Crippen molar-refractivity contribution in [3.63, 3.8) is 0 Å². The lowest BCUT2D eigenvalue weighted by atomic mass is 10.1. The number of benzene rings is 3. The fourth-order valence-corrected chi connectivity index (χ4v) is 5.74. The summed E-state index contributed by atoms with van der Waals surface area (Å²) in [5.41, 5.74) is 1.46. The summed E-state index contributed by atoms with van der Waals surface area (Å²) in [6.45, 7) is 1.61. The van der Waals surface area contributed by atoms with E-state index in [1.807, 2.05) is 42.5 Å². The van der Waals surface area contributed by atoms with Crippen LogP contribution in [-0.2, 0) is 10.0 Å². The van der Waals surface area contributed by atoms with Gasteiger partial charge in [-0.1, -0.05) is 24.3 Å². The maximum atomic E-state index is 13.7. The molecule has 0 aliphatic carbocycles. The molecule has 0 radical (unpaired) electrons. The predicted octanol–water partition coefficient (Wildman–Crippen LogP) is 4.41. The van der Waals surface area contributed by atoms with Crippen LogP contribution in [-0.4, -0.2) is 56.7 Å². The van der Waals surface area contributed by atoms with Crippen LogP contribution >= 0.6 is 0 Å². The monoisotopic (exact) mass is 481 g/mol. The Labute approximate surface area is 198 Å². The van der Waals surface area contributed by atoms with Crippen LogP contribution in [0.3, 0.4) is 0 Å². The average Bonchev–Trinajstić information content (AvgIpc) is 3.19. The summed E-state index contributed by atoms with van der Waals surface area (Å²) < 4.78 is 53.2. The number of ether oxygens (including phenoxy) is 2. The SMILES string of the molecule is COc1cccc2c1Oc1ccccc1N=C2N1CCCN(S(=O)(=O)c2cccc(F)c2)CC1. The largest absolute Gasteiger partial charge is 0.493 e. The first-order valence-corrected chi connectivity index (χ1v) is 12.4. The standard InChI is InChI=1S/C25H24FN3O4S/c1-32-23-12-5-9-20-24(23)33-22-11-3-2-10-21(22)27-25(20)28-13-6-14-29(16-15-28)34(30,31)19-8-4-7-18(26)17-19/h2-5,7-12,17H,6,13-16H2,1H3. The van der Waals surface area contributed by atoms with E-state index in [1.54, 1.807) is 7.11 Å². The van der Waals surface area contributed by atoms with Gasteiger partial charge in [-0.2, -0.15) is 4.31 Å². The molecule has 0 spiro atoms. The maximum absolute atomic E-state index is 13.7. The van der Waals surface area contributed by atoms with Crippen molar-refractivity contribution in [2.75, 3.05) is 33.3 Å². The van der Waals surface area contributed by atoms with Gasteiger partial charge in [0.2, 0.25) is 10.0 Å². The Bertz CT molecular complexity index is 1360. The highest BCUT2D eigenvalue weighted by atomic mass is 32.2. The molecule has 1 fully saturated rings. The van der Waals surface area contributed by atoms with E-state index in [-0.39, 0.29) is 11.4 Å². The van der Waals surface area contributed by atoms with Crippen molar-refractivity contribution >= 4 is 21.5 Å². The van der Waals surface area contributed by atoms with Gasteiger partial charge in [0, 0.05) is 26.2 Å². The van der Waals surface area contributed by atoms with Crippen LogP contribution in [0.25, 0.3) is 0 Å². The smallest absolute Gasteiger partial charge is 0.243 e. The second-order valence-electron chi connectivity index (χ2n) is 8.04. The van der Waals surface area contributed by atoms with Gasteiger partial charge >= 0.3 is 0 Å². The van der Waals surface area contributed by atoms with Crippen LogP contribution in [0.2, 0.25) is 0 Å². The summed E-state index contributed by atoms with van der Waals surface area (Å²) >= 11 is 0. The first-order valence-electron chi connectivity index (χ1n) is 11.0. The van der Waals surface area contributed by atoms with E-state index < -0.39 is 15.8 Å². The Balaban J connectivity index is 1.49. The zero-order valence-corrected chi connectivity index (χ0v) is 19.5. The third-order valence-electron chi connectivity index (χ3n) is 5.93. The lowest BCUT2D eigenvalue weighted by Crippen LogP contribution is -2.37. The Hall–Kier alpha value is -3.43. The summed E-state index contributed by atoms with van der Waals surface area (Å²) in [4.78, 5) is 6.96. The lowest BCUT2D eigenvalue weighted by Gasteiger charge is -2.25. The molecule has 1 saturated heterocycles. The van der Waals surface area contributed by atoms with Crippen molar-refractivity contribution in [2.45, 2.75) is 11.3 Å². The van der Waals surface area contributed by atoms with Gasteiger partial charge in [0.1, 0.15) is 17.3 Å². The molecule has 2 heterocycles. The van der Waals surface area contributed by atoms with Gasteiger partial charge in [-0.15, -0.1) is 0 Å². The second-order valence-corrected chi connectivity index (χ2v) is 9.98. The topological polar surface area (TPSA) is 71.4 Å². The average molecular weight is 482 g/mol. The molecule has 3 aromatic carbocycles. The van der Waals surface area contributed by atoms with Gasteiger partial charge in [-0.3, -0.25) is 0 Å². The molecule has 2 aliphatic rings. The highest BCUT2D eigenvalue weighted by molar-refractivity contribution is 7.89. The molecule has 0 atom stereocenters. The van der Waals surface area contributed by atoms with Crippen molar-refractivity contribution in [1.29, 1.82) is 0 Å². The number of methoxy groups -OCH3 is 1. The number of sulfonamides is 1. The normalized spacial score (nSPS) is 16.4. The second kappa shape index (κ2) is 9.08. The molecule has 0 unspecified atom stereocenters. The van der Waals surface area contributed by atoms with Crippen molar-refractivity contribution in [3.05, 3.63) is 78.1 Å². The van der Waals surface area contributed by atoms with Crippen LogP contribution in [0.4, 0.5) is 10.1 Å². The lowest BCUT2D eigenvalue weighted by molar-refractivity contribution is 0.378. The molecule has 0 saturated carbocycles. The number of para-hydroxylation sites is 3. The molecular formula is C25H24FN3O4S. The number of aliphatic imine (C=N–C) groups is 1. The minimum atomic E-state index is -3.81. The summed E-state index contributed by atoms with van der Waals surface area (Å²) in [6.07, 6.45) is 0.593. The van der Waals surface area contributed by atoms with Crippen molar-refractivity contribution in [1.82, 2.24) is 9.21 Å². The van der Waals surface area contributed by atoms with Crippen LogP contribution < -0.4 is 9.47 Å². The molecule has 5 rings (SSSR count). The Morgan fingerprint density at radius 1 is 0.971 bits per heavy atom. The maximum Gasteiger partial charge on any atom is 0.243 e. The summed E-state index contributed by atoms with van der Waals surface area (Å²) in [5.74, 6) is 1.90. The van der Waals surface area contributed by atoms with Crippen molar-refractivity contribution < 1.29 is 22.3 Å². The van der Waals surface area contributed by atoms with Gasteiger partial charge in [-0.05, 0) is 48.9 Å². The van der Waals surface area contributed by atoms with Crippen LogP contribution in [0.15, 0.2) is 76.6 Å². The highest BCUT2D eigenvalue weighted by Gasteiger charge is 2.30. The molecule has 0 bridgehead atoms. The van der Waals surface area contributed by atoms with Crippen LogP contribution in [0.5, 0.6) is 17.2 Å².